The van der Waals surface area contributed by atoms with E-state index in [0.29, 0.717) is 64.3 Å². The van der Waals surface area contributed by atoms with E-state index in [1.165, 1.54) is 6.92 Å². The quantitative estimate of drug-likeness (QED) is 0.0656. The maximum absolute atomic E-state index is 13.4. The maximum atomic E-state index is 13.4. The number of aldehydes is 1. The molecule has 0 saturated carbocycles. The monoisotopic (exact) mass is 583 g/mol. The van der Waals surface area contributed by atoms with Crippen molar-refractivity contribution in [2.45, 2.75) is 110 Å². The molecule has 0 bridgehead atoms. The van der Waals surface area contributed by atoms with E-state index in [1.807, 2.05) is 27.7 Å². The molecular weight excluding hydrogens is 530 g/mol. The zero-order valence-electron chi connectivity index (χ0n) is 25.4. The third-order valence-corrected chi connectivity index (χ3v) is 6.23. The van der Waals surface area contributed by atoms with Gasteiger partial charge in [-0.15, -0.1) is 0 Å². The third kappa shape index (κ3) is 18.1. The molecule has 0 radical (unpaired) electrons. The Labute approximate surface area is 244 Å². The minimum Gasteiger partial charge on any atom is -0.347 e. The highest BCUT2D eigenvalue weighted by Crippen LogP contribution is 2.10. The highest BCUT2D eigenvalue weighted by Gasteiger charge is 2.30. The van der Waals surface area contributed by atoms with Gasteiger partial charge in [0, 0.05) is 6.92 Å². The van der Waals surface area contributed by atoms with Crippen molar-refractivity contribution in [3.05, 3.63) is 0 Å². The van der Waals surface area contributed by atoms with Crippen LogP contribution in [0.2, 0.25) is 0 Å². The molecule has 41 heavy (non-hydrogen) atoms. The summed E-state index contributed by atoms with van der Waals surface area (Å²) in [5.41, 5.74) is 11.2. The van der Waals surface area contributed by atoms with Gasteiger partial charge in [0.15, 0.2) is 0 Å². The van der Waals surface area contributed by atoms with Gasteiger partial charge in [0.1, 0.15) is 24.4 Å². The van der Waals surface area contributed by atoms with Crippen LogP contribution in [0.1, 0.15) is 86.0 Å². The lowest BCUT2D eigenvalue weighted by Crippen LogP contribution is -2.58. The molecule has 0 unspecified atom stereocenters. The highest BCUT2D eigenvalue weighted by molar-refractivity contribution is 5.95. The van der Waals surface area contributed by atoms with Crippen LogP contribution in [-0.2, 0) is 28.8 Å². The topological polar surface area (TPSA) is 215 Å². The van der Waals surface area contributed by atoms with Gasteiger partial charge in [-0.3, -0.25) is 24.0 Å². The van der Waals surface area contributed by atoms with Crippen molar-refractivity contribution in [3.63, 3.8) is 0 Å². The van der Waals surface area contributed by atoms with E-state index in [4.69, 9.17) is 11.5 Å². The van der Waals surface area contributed by atoms with E-state index in [1.54, 1.807) is 0 Å². The van der Waals surface area contributed by atoms with Crippen LogP contribution in [0.5, 0.6) is 0 Å². The van der Waals surface area contributed by atoms with E-state index in [2.05, 4.69) is 26.6 Å². The lowest BCUT2D eigenvalue weighted by Gasteiger charge is -2.27. The van der Waals surface area contributed by atoms with Gasteiger partial charge in [-0.05, 0) is 76.3 Å². The lowest BCUT2D eigenvalue weighted by atomic mass is 10.0. The molecule has 0 saturated heterocycles. The Morgan fingerprint density at radius 1 is 0.659 bits per heavy atom. The average Bonchev–Trinajstić information content (AvgIpc) is 2.89. The standard InChI is InChI=1S/C28H53N7O6/c1-18(2)14-21(17-36)32-26(39)22(10-6-8-12-29)34-27(40)23(11-7-9-13-30)35-28(41)24(15-19(3)4)33-25(38)16-31-20(5)37/h17-19,21-24H,6-16,29-30H2,1-5H3,(H,31,37)(H,32,39)(H,33,38)(H,34,40)(H,35,41)/t21-,22-,23-,24-/m0/s1. The van der Waals surface area contributed by atoms with Gasteiger partial charge >= 0.3 is 0 Å². The largest absolute Gasteiger partial charge is 0.347 e. The van der Waals surface area contributed by atoms with E-state index in [9.17, 15) is 28.8 Å². The van der Waals surface area contributed by atoms with E-state index < -0.39 is 47.8 Å². The van der Waals surface area contributed by atoms with E-state index in [0.717, 1.165) is 0 Å². The lowest BCUT2D eigenvalue weighted by molar-refractivity contribution is -0.134. The third-order valence-electron chi connectivity index (χ3n) is 6.23. The predicted octanol–water partition coefficient (Wildman–Crippen LogP) is -0.389. The van der Waals surface area contributed by atoms with Crippen LogP contribution in [0.3, 0.4) is 0 Å². The van der Waals surface area contributed by atoms with Crippen LogP contribution < -0.4 is 38.1 Å². The number of carbonyl (C=O) groups is 6. The number of amides is 5. The maximum Gasteiger partial charge on any atom is 0.243 e. The van der Waals surface area contributed by atoms with Crippen LogP contribution in [0.15, 0.2) is 0 Å². The van der Waals surface area contributed by atoms with Crippen molar-refractivity contribution >= 4 is 35.8 Å². The van der Waals surface area contributed by atoms with Crippen molar-refractivity contribution in [2.24, 2.45) is 23.3 Å². The molecule has 0 fully saturated rings. The first kappa shape index (κ1) is 37.9. The van der Waals surface area contributed by atoms with Crippen molar-refractivity contribution in [1.29, 1.82) is 0 Å². The molecule has 0 rings (SSSR count). The Kier molecular flexibility index (Phi) is 20.0. The Morgan fingerprint density at radius 2 is 1.12 bits per heavy atom. The molecule has 5 amide bonds. The van der Waals surface area contributed by atoms with Gasteiger partial charge in [0.2, 0.25) is 29.5 Å². The summed E-state index contributed by atoms with van der Waals surface area (Å²) >= 11 is 0. The summed E-state index contributed by atoms with van der Waals surface area (Å²) in [5.74, 6) is -2.28. The SMILES string of the molecule is CC(=O)NCC(=O)N[C@@H](CC(C)C)C(=O)N[C@@H](CCCCN)C(=O)N[C@@H](CCCCN)C(=O)N[C@H](C=O)CC(C)C. The molecule has 0 aromatic carbocycles. The molecule has 0 heterocycles. The Balaban J connectivity index is 5.76. The van der Waals surface area contributed by atoms with E-state index in [-0.39, 0.29) is 30.7 Å². The van der Waals surface area contributed by atoms with E-state index >= 15 is 0 Å². The molecular formula is C28H53N7O6. The first-order valence-electron chi connectivity index (χ1n) is 14.6. The first-order chi connectivity index (χ1) is 19.3. The number of rotatable bonds is 22. The number of nitrogens with two attached hydrogens (primary N) is 2. The summed E-state index contributed by atoms with van der Waals surface area (Å²) in [7, 11) is 0. The van der Waals surface area contributed by atoms with Gasteiger partial charge in [-0.25, -0.2) is 0 Å². The van der Waals surface area contributed by atoms with Crippen molar-refractivity contribution < 1.29 is 28.8 Å². The van der Waals surface area contributed by atoms with Crippen molar-refractivity contribution in [1.82, 2.24) is 26.6 Å². The van der Waals surface area contributed by atoms with Gasteiger partial charge in [0.25, 0.3) is 0 Å². The molecule has 4 atom stereocenters. The molecule has 0 aromatic heterocycles. The van der Waals surface area contributed by atoms with Crippen LogP contribution >= 0.6 is 0 Å². The van der Waals surface area contributed by atoms with Crippen molar-refractivity contribution in [3.8, 4) is 0 Å². The normalized spacial score (nSPS) is 14.0. The smallest absolute Gasteiger partial charge is 0.243 e. The Morgan fingerprint density at radius 3 is 1.54 bits per heavy atom. The molecule has 9 N–H and O–H groups in total. The van der Waals surface area contributed by atoms with Gasteiger partial charge in [-0.1, -0.05) is 27.7 Å². The number of hydrogen-bond acceptors (Lipinski definition) is 8. The second-order valence-corrected chi connectivity index (χ2v) is 11.2. The summed E-state index contributed by atoms with van der Waals surface area (Å²) in [4.78, 5) is 74.8. The van der Waals surface area contributed by atoms with Crippen LogP contribution in [0, 0.1) is 11.8 Å². The molecule has 0 aliphatic carbocycles. The average molecular weight is 584 g/mol. The van der Waals surface area contributed by atoms with Crippen molar-refractivity contribution in [2.75, 3.05) is 19.6 Å². The molecule has 0 spiro atoms. The fourth-order valence-corrected chi connectivity index (χ4v) is 4.16. The number of nitrogens with one attached hydrogen (secondary N) is 5. The number of unbranched alkanes of at least 4 members (excludes halogenated alkanes) is 2. The molecule has 13 heteroatoms. The second kappa shape index (κ2) is 21.7. The zero-order chi connectivity index (χ0) is 31.4. The fraction of sp³-hybridized carbons (Fsp3) is 0.786. The fourth-order valence-electron chi connectivity index (χ4n) is 4.16. The summed E-state index contributed by atoms with van der Waals surface area (Å²) < 4.78 is 0. The molecule has 0 aliphatic heterocycles. The van der Waals surface area contributed by atoms with Crippen LogP contribution in [-0.4, -0.2) is 79.6 Å². The Bertz CT molecular complexity index is 837. The first-order valence-corrected chi connectivity index (χ1v) is 14.6. The van der Waals surface area contributed by atoms with Gasteiger partial charge in [-0.2, -0.15) is 0 Å². The van der Waals surface area contributed by atoms with Gasteiger partial charge in [0.05, 0.1) is 12.6 Å². The minimum absolute atomic E-state index is 0.0450. The molecule has 0 aromatic rings. The number of carbonyl (C=O) groups excluding carboxylic acids is 6. The van der Waals surface area contributed by atoms with Crippen LogP contribution in [0.25, 0.3) is 0 Å². The highest BCUT2D eigenvalue weighted by atomic mass is 16.2. The summed E-state index contributed by atoms with van der Waals surface area (Å²) in [6.07, 6.45) is 4.42. The number of hydrogen-bond donors (Lipinski definition) is 7. The zero-order valence-corrected chi connectivity index (χ0v) is 25.4. The summed E-state index contributed by atoms with van der Waals surface area (Å²) in [6.45, 7) is 9.49. The second-order valence-electron chi connectivity index (χ2n) is 11.2. The summed E-state index contributed by atoms with van der Waals surface area (Å²) in [6, 6.07) is -3.54. The Hall–Kier alpha value is -3.06. The summed E-state index contributed by atoms with van der Waals surface area (Å²) in [5, 5.41) is 13.2. The predicted molar refractivity (Wildman–Crippen MR) is 157 cm³/mol. The molecule has 236 valence electrons. The molecule has 13 nitrogen and oxygen atoms in total. The van der Waals surface area contributed by atoms with Crippen LogP contribution in [0.4, 0.5) is 0 Å². The van der Waals surface area contributed by atoms with Gasteiger partial charge < -0.3 is 42.8 Å². The molecule has 0 aliphatic rings. The minimum atomic E-state index is -0.988.